The maximum atomic E-state index is 12.3. The average molecular weight is 454 g/mol. The van der Waals surface area contributed by atoms with Crippen LogP contribution in [0.4, 0.5) is 5.69 Å². The van der Waals surface area contributed by atoms with E-state index in [1.54, 1.807) is 14.2 Å². The zero-order chi connectivity index (χ0) is 22.2. The van der Waals surface area contributed by atoms with Crippen LogP contribution in [0.1, 0.15) is 43.2 Å². The van der Waals surface area contributed by atoms with E-state index in [0.29, 0.717) is 29.8 Å². The number of nitrogens with zero attached hydrogens (tertiary/aromatic N) is 1. The molecule has 4 saturated carbocycles. The van der Waals surface area contributed by atoms with E-state index in [0.717, 1.165) is 28.7 Å². The molecule has 4 fully saturated rings. The molecule has 0 saturated heterocycles. The maximum absolute atomic E-state index is 12.3. The predicted octanol–water partition coefficient (Wildman–Crippen LogP) is 5.65. The molecule has 4 aliphatic carbocycles. The quantitative estimate of drug-likeness (QED) is 0.435. The summed E-state index contributed by atoms with van der Waals surface area (Å²) in [4.78, 5) is 0. The fraction of sp³-hybridized carbons (Fsp3) is 0.462. The number of ether oxygens (including phenoxy) is 2. The number of hydrogen-bond acceptors (Lipinski definition) is 3. The SMILES string of the molecule is COC(=C1C2CC3CC(C2)CC1C3)c1cc(OC)cc(N(Cc2ccccc2)S(=O)O)c1. The highest BCUT2D eigenvalue weighted by Gasteiger charge is 2.46. The minimum atomic E-state index is -2.18. The van der Waals surface area contributed by atoms with Crippen molar-refractivity contribution in [1.82, 2.24) is 0 Å². The van der Waals surface area contributed by atoms with Crippen LogP contribution < -0.4 is 9.04 Å². The van der Waals surface area contributed by atoms with Gasteiger partial charge in [0.2, 0.25) is 0 Å². The van der Waals surface area contributed by atoms with Gasteiger partial charge in [-0.15, -0.1) is 0 Å². The summed E-state index contributed by atoms with van der Waals surface area (Å²) < 4.78 is 35.5. The molecule has 0 radical (unpaired) electrons. The molecule has 0 aliphatic heterocycles. The molecule has 4 bridgehead atoms. The second-order valence-corrected chi connectivity index (χ2v) is 10.4. The van der Waals surface area contributed by atoms with Gasteiger partial charge in [0, 0.05) is 11.6 Å². The second kappa shape index (κ2) is 8.91. The summed E-state index contributed by atoms with van der Waals surface area (Å²) in [5.41, 5.74) is 3.99. The normalized spacial score (nSPS) is 26.7. The number of benzene rings is 2. The van der Waals surface area contributed by atoms with E-state index < -0.39 is 11.3 Å². The van der Waals surface area contributed by atoms with E-state index in [9.17, 15) is 8.76 Å². The first kappa shape index (κ1) is 21.5. The van der Waals surface area contributed by atoms with E-state index in [1.807, 2.05) is 48.5 Å². The number of anilines is 1. The summed E-state index contributed by atoms with van der Waals surface area (Å²) >= 11 is -2.18. The van der Waals surface area contributed by atoms with Crippen LogP contribution >= 0.6 is 0 Å². The largest absolute Gasteiger partial charge is 0.497 e. The topological polar surface area (TPSA) is 59.0 Å². The van der Waals surface area contributed by atoms with Crippen molar-refractivity contribution in [2.24, 2.45) is 23.7 Å². The zero-order valence-electron chi connectivity index (χ0n) is 18.7. The molecule has 32 heavy (non-hydrogen) atoms. The summed E-state index contributed by atoms with van der Waals surface area (Å²) in [6.07, 6.45) is 6.49. The van der Waals surface area contributed by atoms with E-state index in [2.05, 4.69) is 0 Å². The Bertz CT molecular complexity index is 1010. The molecular weight excluding hydrogens is 422 g/mol. The molecule has 1 N–H and O–H groups in total. The fourth-order valence-electron chi connectivity index (χ4n) is 6.43. The fourth-order valence-corrected chi connectivity index (χ4v) is 6.97. The van der Waals surface area contributed by atoms with Gasteiger partial charge in [-0.3, -0.25) is 8.86 Å². The van der Waals surface area contributed by atoms with E-state index >= 15 is 0 Å². The lowest BCUT2D eigenvalue weighted by atomic mass is 9.54. The molecule has 1 atom stereocenters. The van der Waals surface area contributed by atoms with Gasteiger partial charge in [-0.1, -0.05) is 30.3 Å². The number of methoxy groups -OCH3 is 2. The van der Waals surface area contributed by atoms with E-state index in [-0.39, 0.29) is 0 Å². The molecule has 5 nitrogen and oxygen atoms in total. The standard InChI is InChI=1S/C26H31NO4S/c1-30-24-14-22(13-23(15-24)27(32(28)29)16-17-6-4-3-5-7-17)26(31-2)25-20-9-18-8-19(11-20)12-21(25)10-18/h3-7,13-15,18-21H,8-12,16H2,1-2H3,(H,28,29). The van der Waals surface area contributed by atoms with Crippen LogP contribution in [0.5, 0.6) is 5.75 Å². The molecule has 0 heterocycles. The Balaban J connectivity index is 1.56. The Kier molecular flexibility index (Phi) is 5.99. The Morgan fingerprint density at radius 1 is 1.00 bits per heavy atom. The number of hydrogen-bond donors (Lipinski definition) is 1. The molecule has 4 aliphatic rings. The molecule has 6 rings (SSSR count). The van der Waals surface area contributed by atoms with Crippen LogP contribution in [-0.4, -0.2) is 23.0 Å². The number of rotatable bonds is 7. The van der Waals surface area contributed by atoms with Crippen molar-refractivity contribution in [1.29, 1.82) is 0 Å². The van der Waals surface area contributed by atoms with Crippen LogP contribution in [0, 0.1) is 23.7 Å². The molecule has 170 valence electrons. The lowest BCUT2D eigenvalue weighted by Gasteiger charge is -2.51. The zero-order valence-corrected chi connectivity index (χ0v) is 19.5. The average Bonchev–Trinajstić information content (AvgIpc) is 2.79. The third kappa shape index (κ3) is 4.06. The summed E-state index contributed by atoms with van der Waals surface area (Å²) in [6.45, 7) is 0.323. The summed E-state index contributed by atoms with van der Waals surface area (Å²) in [5, 5.41) is 0. The van der Waals surface area contributed by atoms with Crippen LogP contribution in [0.3, 0.4) is 0 Å². The first-order valence-corrected chi connectivity index (χ1v) is 12.5. The van der Waals surface area contributed by atoms with Gasteiger partial charge in [-0.2, -0.15) is 0 Å². The molecule has 6 heteroatoms. The monoisotopic (exact) mass is 453 g/mol. The molecule has 2 aromatic rings. The minimum Gasteiger partial charge on any atom is -0.497 e. The van der Waals surface area contributed by atoms with Gasteiger partial charge < -0.3 is 9.47 Å². The third-order valence-electron chi connectivity index (χ3n) is 7.52. The highest BCUT2D eigenvalue weighted by molar-refractivity contribution is 7.80. The summed E-state index contributed by atoms with van der Waals surface area (Å²) in [6, 6.07) is 15.5. The van der Waals surface area contributed by atoms with Crippen molar-refractivity contribution in [3.05, 3.63) is 65.2 Å². The molecule has 0 aromatic heterocycles. The second-order valence-electron chi connectivity index (χ2n) is 9.47. The molecule has 2 aromatic carbocycles. The third-order valence-corrected chi connectivity index (χ3v) is 8.24. The van der Waals surface area contributed by atoms with Crippen molar-refractivity contribution >= 4 is 22.7 Å². The van der Waals surface area contributed by atoms with Crippen LogP contribution in [0.25, 0.3) is 5.76 Å². The van der Waals surface area contributed by atoms with E-state index in [4.69, 9.17) is 9.47 Å². The van der Waals surface area contributed by atoms with Gasteiger partial charge >= 0.3 is 0 Å². The Labute approximate surface area is 192 Å². The van der Waals surface area contributed by atoms with Crippen molar-refractivity contribution in [2.45, 2.75) is 38.6 Å². The van der Waals surface area contributed by atoms with Gasteiger partial charge in [0.25, 0.3) is 11.3 Å². The van der Waals surface area contributed by atoms with Crippen molar-refractivity contribution < 1.29 is 18.2 Å². The van der Waals surface area contributed by atoms with Crippen LogP contribution in [0.15, 0.2) is 54.1 Å². The molecular formula is C26H31NO4S. The van der Waals surface area contributed by atoms with Gasteiger partial charge in [0.05, 0.1) is 26.5 Å². The van der Waals surface area contributed by atoms with Gasteiger partial charge in [-0.25, -0.2) is 4.21 Å². The van der Waals surface area contributed by atoms with Gasteiger partial charge in [0.1, 0.15) is 11.5 Å². The van der Waals surface area contributed by atoms with Crippen LogP contribution in [-0.2, 0) is 22.5 Å². The smallest absolute Gasteiger partial charge is 0.262 e. The predicted molar refractivity (Wildman–Crippen MR) is 127 cm³/mol. The lowest BCUT2D eigenvalue weighted by Crippen LogP contribution is -2.40. The van der Waals surface area contributed by atoms with Crippen molar-refractivity contribution in [3.8, 4) is 5.75 Å². The van der Waals surface area contributed by atoms with Crippen molar-refractivity contribution in [2.75, 3.05) is 18.5 Å². The molecule has 1 unspecified atom stereocenters. The first-order chi connectivity index (χ1) is 15.6. The first-order valence-electron chi connectivity index (χ1n) is 11.5. The van der Waals surface area contributed by atoms with Gasteiger partial charge in [-0.05, 0) is 79.0 Å². The van der Waals surface area contributed by atoms with E-state index in [1.165, 1.54) is 42.0 Å². The van der Waals surface area contributed by atoms with Crippen LogP contribution in [0.2, 0.25) is 0 Å². The maximum Gasteiger partial charge on any atom is 0.262 e. The Hall–Kier alpha value is -2.31. The highest BCUT2D eigenvalue weighted by atomic mass is 32.2. The Morgan fingerprint density at radius 3 is 2.22 bits per heavy atom. The van der Waals surface area contributed by atoms with Gasteiger partial charge in [0.15, 0.2) is 0 Å². The summed E-state index contributed by atoms with van der Waals surface area (Å²) in [5.74, 6) is 4.53. The van der Waals surface area contributed by atoms with Crippen molar-refractivity contribution in [3.63, 3.8) is 0 Å². The molecule has 0 spiro atoms. The lowest BCUT2D eigenvalue weighted by molar-refractivity contribution is 0.0675. The number of allylic oxidation sites excluding steroid dienone is 1. The summed E-state index contributed by atoms with van der Waals surface area (Å²) in [7, 11) is 3.38. The highest BCUT2D eigenvalue weighted by Crippen LogP contribution is 2.58. The molecule has 0 amide bonds. The Morgan fingerprint density at radius 2 is 1.66 bits per heavy atom. The minimum absolute atomic E-state index is 0.323.